The van der Waals surface area contributed by atoms with Gasteiger partial charge in [0.1, 0.15) is 0 Å². The first-order valence-electron chi connectivity index (χ1n) is 5.75. The van der Waals surface area contributed by atoms with Gasteiger partial charge in [0.05, 0.1) is 5.71 Å². The molecule has 0 bridgehead atoms. The molecule has 0 amide bonds. The molecule has 0 fully saturated rings. The van der Waals surface area contributed by atoms with Crippen LogP contribution < -0.4 is 0 Å². The summed E-state index contributed by atoms with van der Waals surface area (Å²) in [5, 5.41) is 12.7. The standard InChI is InChI=1S/C15H13NO/c17-16-15-13-9-5-4-8-12(13)10-14(15)11-6-2-1-3-7-11/h1-9,14,17H,10H2/b16-15-. The predicted molar refractivity (Wildman–Crippen MR) is 67.7 cm³/mol. The smallest absolute Gasteiger partial charge is 0.0948 e. The van der Waals surface area contributed by atoms with Gasteiger partial charge in [-0.25, -0.2) is 0 Å². The Morgan fingerprint density at radius 3 is 2.41 bits per heavy atom. The van der Waals surface area contributed by atoms with E-state index in [-0.39, 0.29) is 5.92 Å². The van der Waals surface area contributed by atoms with Gasteiger partial charge in [-0.15, -0.1) is 0 Å². The van der Waals surface area contributed by atoms with Crippen LogP contribution >= 0.6 is 0 Å². The fourth-order valence-electron chi connectivity index (χ4n) is 2.54. The molecule has 1 unspecified atom stereocenters. The molecule has 0 radical (unpaired) electrons. The van der Waals surface area contributed by atoms with Crippen molar-refractivity contribution in [3.63, 3.8) is 0 Å². The van der Waals surface area contributed by atoms with Crippen molar-refractivity contribution in [1.82, 2.24) is 0 Å². The maximum Gasteiger partial charge on any atom is 0.0948 e. The summed E-state index contributed by atoms with van der Waals surface area (Å²) in [7, 11) is 0. The SMILES string of the molecule is O/N=C1/c2ccccc2CC1c1ccccc1. The predicted octanol–water partition coefficient (Wildman–Crippen LogP) is 3.20. The van der Waals surface area contributed by atoms with Crippen molar-refractivity contribution in [2.45, 2.75) is 12.3 Å². The van der Waals surface area contributed by atoms with Gasteiger partial charge in [-0.2, -0.15) is 0 Å². The maximum atomic E-state index is 9.23. The Labute approximate surface area is 100 Å². The summed E-state index contributed by atoms with van der Waals surface area (Å²) in [5.41, 5.74) is 4.32. The van der Waals surface area contributed by atoms with Gasteiger partial charge in [0.25, 0.3) is 0 Å². The molecule has 2 aromatic rings. The number of hydrogen-bond acceptors (Lipinski definition) is 2. The van der Waals surface area contributed by atoms with E-state index in [1.807, 2.05) is 36.4 Å². The topological polar surface area (TPSA) is 32.6 Å². The molecule has 1 aliphatic rings. The molecule has 2 aromatic carbocycles. The molecule has 1 N–H and O–H groups in total. The molecule has 17 heavy (non-hydrogen) atoms. The minimum atomic E-state index is 0.179. The molecule has 3 rings (SSSR count). The molecular formula is C15H13NO. The van der Waals surface area contributed by atoms with Crippen LogP contribution in [0.5, 0.6) is 0 Å². The Morgan fingerprint density at radius 2 is 1.65 bits per heavy atom. The first kappa shape index (κ1) is 10.1. The molecule has 84 valence electrons. The largest absolute Gasteiger partial charge is 0.411 e. The second kappa shape index (κ2) is 4.06. The summed E-state index contributed by atoms with van der Waals surface area (Å²) in [6.07, 6.45) is 0.916. The van der Waals surface area contributed by atoms with E-state index in [2.05, 4.69) is 23.4 Å². The number of oxime groups is 1. The van der Waals surface area contributed by atoms with Crippen molar-refractivity contribution in [3.05, 3.63) is 71.3 Å². The van der Waals surface area contributed by atoms with Crippen molar-refractivity contribution in [1.29, 1.82) is 0 Å². The van der Waals surface area contributed by atoms with Crippen molar-refractivity contribution in [2.24, 2.45) is 5.16 Å². The lowest BCUT2D eigenvalue weighted by Crippen LogP contribution is -2.08. The molecule has 1 atom stereocenters. The highest BCUT2D eigenvalue weighted by Gasteiger charge is 2.29. The number of nitrogens with zero attached hydrogens (tertiary/aromatic N) is 1. The average Bonchev–Trinajstić information content (AvgIpc) is 2.78. The fraction of sp³-hybridized carbons (Fsp3) is 0.133. The minimum Gasteiger partial charge on any atom is -0.411 e. The zero-order valence-corrected chi connectivity index (χ0v) is 9.38. The van der Waals surface area contributed by atoms with Crippen molar-refractivity contribution in [2.75, 3.05) is 0 Å². The van der Waals surface area contributed by atoms with E-state index in [0.717, 1.165) is 17.7 Å². The average molecular weight is 223 g/mol. The van der Waals surface area contributed by atoms with E-state index in [1.54, 1.807) is 0 Å². The van der Waals surface area contributed by atoms with Gasteiger partial charge in [-0.3, -0.25) is 0 Å². The van der Waals surface area contributed by atoms with Crippen LogP contribution in [0.1, 0.15) is 22.6 Å². The lowest BCUT2D eigenvalue weighted by atomic mass is 9.95. The van der Waals surface area contributed by atoms with Crippen LogP contribution in [-0.4, -0.2) is 10.9 Å². The molecule has 0 spiro atoms. The van der Waals surface area contributed by atoms with E-state index in [9.17, 15) is 5.21 Å². The van der Waals surface area contributed by atoms with E-state index in [0.29, 0.717) is 0 Å². The summed E-state index contributed by atoms with van der Waals surface area (Å²) >= 11 is 0. The minimum absolute atomic E-state index is 0.179. The van der Waals surface area contributed by atoms with Gasteiger partial charge in [0, 0.05) is 11.5 Å². The van der Waals surface area contributed by atoms with Gasteiger partial charge in [-0.05, 0) is 17.5 Å². The number of rotatable bonds is 1. The lowest BCUT2D eigenvalue weighted by molar-refractivity contribution is 0.317. The molecule has 1 aliphatic carbocycles. The highest BCUT2D eigenvalue weighted by molar-refractivity contribution is 6.08. The molecule has 0 saturated carbocycles. The zero-order valence-electron chi connectivity index (χ0n) is 9.38. The summed E-state index contributed by atoms with van der Waals surface area (Å²) in [6.45, 7) is 0. The van der Waals surface area contributed by atoms with E-state index < -0.39 is 0 Å². The molecular weight excluding hydrogens is 210 g/mol. The highest BCUT2D eigenvalue weighted by Crippen LogP contribution is 2.34. The Kier molecular flexibility index (Phi) is 2.41. The van der Waals surface area contributed by atoms with E-state index >= 15 is 0 Å². The molecule has 2 heteroatoms. The monoisotopic (exact) mass is 223 g/mol. The Morgan fingerprint density at radius 1 is 0.941 bits per heavy atom. The highest BCUT2D eigenvalue weighted by atomic mass is 16.4. The summed E-state index contributed by atoms with van der Waals surface area (Å²) < 4.78 is 0. The van der Waals surface area contributed by atoms with Crippen molar-refractivity contribution in [3.8, 4) is 0 Å². The first-order chi connectivity index (χ1) is 8.40. The quantitative estimate of drug-likeness (QED) is 0.584. The van der Waals surface area contributed by atoms with Gasteiger partial charge in [0.2, 0.25) is 0 Å². The second-order valence-electron chi connectivity index (χ2n) is 4.31. The molecule has 0 saturated heterocycles. The van der Waals surface area contributed by atoms with E-state index in [1.165, 1.54) is 11.1 Å². The molecule has 0 aliphatic heterocycles. The normalized spacial score (nSPS) is 20.5. The summed E-state index contributed by atoms with van der Waals surface area (Å²) in [4.78, 5) is 0. The molecule has 2 nitrogen and oxygen atoms in total. The Bertz CT molecular complexity index is 560. The molecule has 0 heterocycles. The first-order valence-corrected chi connectivity index (χ1v) is 5.75. The van der Waals surface area contributed by atoms with Gasteiger partial charge in [0.15, 0.2) is 0 Å². The third-order valence-electron chi connectivity index (χ3n) is 3.36. The van der Waals surface area contributed by atoms with Crippen LogP contribution in [0.3, 0.4) is 0 Å². The maximum absolute atomic E-state index is 9.23. The van der Waals surface area contributed by atoms with Gasteiger partial charge < -0.3 is 5.21 Å². The van der Waals surface area contributed by atoms with Crippen LogP contribution in [0, 0.1) is 0 Å². The Balaban J connectivity index is 2.07. The Hall–Kier alpha value is -2.09. The van der Waals surface area contributed by atoms with Crippen molar-refractivity contribution >= 4 is 5.71 Å². The van der Waals surface area contributed by atoms with Gasteiger partial charge >= 0.3 is 0 Å². The number of fused-ring (bicyclic) bond motifs is 1. The van der Waals surface area contributed by atoms with E-state index in [4.69, 9.17) is 0 Å². The summed E-state index contributed by atoms with van der Waals surface area (Å²) in [6, 6.07) is 18.3. The third kappa shape index (κ3) is 1.62. The van der Waals surface area contributed by atoms with Crippen LogP contribution in [0.25, 0.3) is 0 Å². The van der Waals surface area contributed by atoms with Crippen LogP contribution in [0.4, 0.5) is 0 Å². The van der Waals surface area contributed by atoms with Crippen LogP contribution in [-0.2, 0) is 6.42 Å². The third-order valence-corrected chi connectivity index (χ3v) is 3.36. The fourth-order valence-corrected chi connectivity index (χ4v) is 2.54. The second-order valence-corrected chi connectivity index (χ2v) is 4.31. The number of benzene rings is 2. The number of hydrogen-bond donors (Lipinski definition) is 1. The zero-order chi connectivity index (χ0) is 11.7. The van der Waals surface area contributed by atoms with Gasteiger partial charge in [-0.1, -0.05) is 59.8 Å². The summed E-state index contributed by atoms with van der Waals surface area (Å²) in [5.74, 6) is 0.179. The van der Waals surface area contributed by atoms with Crippen molar-refractivity contribution < 1.29 is 5.21 Å². The van der Waals surface area contributed by atoms with Crippen LogP contribution in [0.2, 0.25) is 0 Å². The van der Waals surface area contributed by atoms with Crippen LogP contribution in [0.15, 0.2) is 59.8 Å². The lowest BCUT2D eigenvalue weighted by Gasteiger charge is -2.09. The molecule has 0 aromatic heterocycles.